The Balaban J connectivity index is 1.25. The van der Waals surface area contributed by atoms with Crippen molar-refractivity contribution in [3.63, 3.8) is 0 Å². The molecule has 0 radical (unpaired) electrons. The summed E-state index contributed by atoms with van der Waals surface area (Å²) in [6.07, 6.45) is -1.90. The average molecular weight is 437 g/mol. The van der Waals surface area contributed by atoms with Crippen molar-refractivity contribution in [2.75, 3.05) is 13.1 Å². The van der Waals surface area contributed by atoms with E-state index in [9.17, 15) is 18.0 Å². The number of carbonyl (C=O) groups is 1. The highest BCUT2D eigenvalue weighted by molar-refractivity contribution is 6.31. The fraction of sp³-hybridized carbons (Fsp3) is 0.435. The number of halogens is 4. The second kappa shape index (κ2) is 8.60. The first-order chi connectivity index (χ1) is 14.3. The number of rotatable bonds is 5. The zero-order valence-corrected chi connectivity index (χ0v) is 17.2. The van der Waals surface area contributed by atoms with E-state index in [1.807, 2.05) is 24.3 Å². The molecule has 1 heterocycles. The fourth-order valence-electron chi connectivity index (χ4n) is 4.25. The maximum atomic E-state index is 12.9. The molecule has 160 valence electrons. The molecule has 2 aromatic carbocycles. The number of piperidine rings is 1. The molecule has 1 aliphatic carbocycles. The third-order valence-electron chi connectivity index (χ3n) is 6.03. The molecule has 7 heteroatoms. The SMILES string of the molecule is O=C(NC1CCN(Cc2cccc(C(F)(F)F)c2)CC1)C1CC1c1ccccc1Cl. The molecule has 1 aliphatic heterocycles. The van der Waals surface area contributed by atoms with Gasteiger partial charge in [-0.15, -0.1) is 0 Å². The first kappa shape index (κ1) is 21.2. The molecule has 2 aliphatic rings. The lowest BCUT2D eigenvalue weighted by atomic mass is 10.0. The van der Waals surface area contributed by atoms with Gasteiger partial charge in [-0.05, 0) is 48.4 Å². The average Bonchev–Trinajstić information content (AvgIpc) is 3.50. The van der Waals surface area contributed by atoms with Crippen LogP contribution in [0.15, 0.2) is 48.5 Å². The van der Waals surface area contributed by atoms with E-state index in [0.29, 0.717) is 17.1 Å². The number of carbonyl (C=O) groups excluding carboxylic acids is 1. The smallest absolute Gasteiger partial charge is 0.353 e. The van der Waals surface area contributed by atoms with Crippen molar-refractivity contribution in [1.29, 1.82) is 0 Å². The van der Waals surface area contributed by atoms with Crippen molar-refractivity contribution >= 4 is 17.5 Å². The Bertz CT molecular complexity index is 909. The standard InChI is InChI=1S/C23H24ClF3N2O/c24-21-7-2-1-6-18(21)19-13-20(19)22(30)28-17-8-10-29(11-9-17)14-15-4-3-5-16(12-15)23(25,26)27/h1-7,12,17,19-20H,8-11,13-14H2,(H,28,30). The van der Waals surface area contributed by atoms with Crippen LogP contribution in [0.3, 0.4) is 0 Å². The summed E-state index contributed by atoms with van der Waals surface area (Å²) in [7, 11) is 0. The van der Waals surface area contributed by atoms with E-state index >= 15 is 0 Å². The van der Waals surface area contributed by atoms with Crippen LogP contribution < -0.4 is 5.32 Å². The monoisotopic (exact) mass is 436 g/mol. The molecule has 3 nitrogen and oxygen atoms in total. The number of hydrogen-bond donors (Lipinski definition) is 1. The van der Waals surface area contributed by atoms with Crippen LogP contribution in [0, 0.1) is 5.92 Å². The molecule has 0 spiro atoms. The fourth-order valence-corrected chi connectivity index (χ4v) is 4.53. The van der Waals surface area contributed by atoms with Crippen LogP contribution in [0.25, 0.3) is 0 Å². The molecule has 30 heavy (non-hydrogen) atoms. The van der Waals surface area contributed by atoms with Crippen LogP contribution in [0.5, 0.6) is 0 Å². The molecule has 1 N–H and O–H groups in total. The zero-order valence-electron chi connectivity index (χ0n) is 16.5. The summed E-state index contributed by atoms with van der Waals surface area (Å²) >= 11 is 6.24. The lowest BCUT2D eigenvalue weighted by Crippen LogP contribution is -2.44. The third kappa shape index (κ3) is 4.98. The van der Waals surface area contributed by atoms with E-state index in [2.05, 4.69) is 10.2 Å². The van der Waals surface area contributed by atoms with Crippen molar-refractivity contribution in [3.8, 4) is 0 Å². The molecule has 4 rings (SSSR count). The Kier molecular flexibility index (Phi) is 6.07. The molecule has 0 bridgehead atoms. The van der Waals surface area contributed by atoms with Crippen LogP contribution in [-0.4, -0.2) is 29.9 Å². The molecule has 2 unspecified atom stereocenters. The van der Waals surface area contributed by atoms with Gasteiger partial charge in [-0.25, -0.2) is 0 Å². The number of alkyl halides is 3. The molecule has 1 amide bonds. The quantitative estimate of drug-likeness (QED) is 0.694. The van der Waals surface area contributed by atoms with Gasteiger partial charge in [0.05, 0.1) is 5.56 Å². The van der Waals surface area contributed by atoms with Gasteiger partial charge in [-0.3, -0.25) is 9.69 Å². The van der Waals surface area contributed by atoms with Gasteiger partial charge in [0.1, 0.15) is 0 Å². The van der Waals surface area contributed by atoms with Gasteiger partial charge in [-0.1, -0.05) is 48.0 Å². The van der Waals surface area contributed by atoms with Gasteiger partial charge in [0.15, 0.2) is 0 Å². The molecule has 1 saturated heterocycles. The number of nitrogens with zero attached hydrogens (tertiary/aromatic N) is 1. The normalized spacial score (nSPS) is 22.7. The number of benzene rings is 2. The van der Waals surface area contributed by atoms with E-state index in [4.69, 9.17) is 11.6 Å². The highest BCUT2D eigenvalue weighted by Crippen LogP contribution is 2.49. The van der Waals surface area contributed by atoms with Gasteiger partial charge in [0.2, 0.25) is 5.91 Å². The second-order valence-electron chi connectivity index (χ2n) is 8.23. The second-order valence-corrected chi connectivity index (χ2v) is 8.63. The van der Waals surface area contributed by atoms with Gasteiger partial charge in [0.25, 0.3) is 0 Å². The van der Waals surface area contributed by atoms with Crippen molar-refractivity contribution in [1.82, 2.24) is 10.2 Å². The summed E-state index contributed by atoms with van der Waals surface area (Å²) in [4.78, 5) is 14.7. The lowest BCUT2D eigenvalue weighted by molar-refractivity contribution is -0.137. The Hall–Kier alpha value is -2.05. The third-order valence-corrected chi connectivity index (χ3v) is 6.37. The molecular weight excluding hydrogens is 413 g/mol. The minimum absolute atomic E-state index is 0.0203. The van der Waals surface area contributed by atoms with Gasteiger partial charge in [-0.2, -0.15) is 13.2 Å². The topological polar surface area (TPSA) is 32.3 Å². The summed E-state index contributed by atoms with van der Waals surface area (Å²) in [6, 6.07) is 13.3. The zero-order chi connectivity index (χ0) is 21.3. The molecule has 1 saturated carbocycles. The van der Waals surface area contributed by atoms with Crippen molar-refractivity contribution in [2.24, 2.45) is 5.92 Å². The molecule has 0 aromatic heterocycles. The van der Waals surface area contributed by atoms with Crippen LogP contribution >= 0.6 is 11.6 Å². The maximum absolute atomic E-state index is 12.9. The van der Waals surface area contributed by atoms with E-state index < -0.39 is 11.7 Å². The Morgan fingerprint density at radius 1 is 1.10 bits per heavy atom. The number of hydrogen-bond acceptors (Lipinski definition) is 2. The van der Waals surface area contributed by atoms with E-state index in [1.165, 1.54) is 12.1 Å². The first-order valence-electron chi connectivity index (χ1n) is 10.2. The van der Waals surface area contributed by atoms with Crippen molar-refractivity contribution in [3.05, 3.63) is 70.2 Å². The van der Waals surface area contributed by atoms with Gasteiger partial charge in [0, 0.05) is 36.6 Å². The minimum atomic E-state index is -4.32. The number of amides is 1. The van der Waals surface area contributed by atoms with E-state index in [-0.39, 0.29) is 23.8 Å². The highest BCUT2D eigenvalue weighted by atomic mass is 35.5. The maximum Gasteiger partial charge on any atom is 0.416 e. The summed E-state index contributed by atoms with van der Waals surface area (Å²) < 4.78 is 38.7. The summed E-state index contributed by atoms with van der Waals surface area (Å²) in [5.41, 5.74) is 1.09. The van der Waals surface area contributed by atoms with Crippen LogP contribution in [0.1, 0.15) is 41.9 Å². The van der Waals surface area contributed by atoms with Crippen LogP contribution in [0.4, 0.5) is 13.2 Å². The number of nitrogens with one attached hydrogen (secondary N) is 1. The predicted molar refractivity (Wildman–Crippen MR) is 110 cm³/mol. The van der Waals surface area contributed by atoms with Gasteiger partial charge >= 0.3 is 6.18 Å². The molecule has 2 aromatic rings. The first-order valence-corrected chi connectivity index (χ1v) is 10.6. The van der Waals surface area contributed by atoms with Crippen molar-refractivity contribution < 1.29 is 18.0 Å². The predicted octanol–water partition coefficient (Wildman–Crippen LogP) is 5.24. The summed E-state index contributed by atoms with van der Waals surface area (Å²) in [6.45, 7) is 1.99. The molecule has 2 fully saturated rings. The van der Waals surface area contributed by atoms with Gasteiger partial charge < -0.3 is 5.32 Å². The number of likely N-dealkylation sites (tertiary alicyclic amines) is 1. The summed E-state index contributed by atoms with van der Waals surface area (Å²) in [5.74, 6) is 0.254. The summed E-state index contributed by atoms with van der Waals surface area (Å²) in [5, 5.41) is 3.86. The largest absolute Gasteiger partial charge is 0.416 e. The van der Waals surface area contributed by atoms with Crippen LogP contribution in [-0.2, 0) is 17.5 Å². The Morgan fingerprint density at radius 2 is 1.83 bits per heavy atom. The minimum Gasteiger partial charge on any atom is -0.353 e. The van der Waals surface area contributed by atoms with E-state index in [1.54, 1.807) is 6.07 Å². The van der Waals surface area contributed by atoms with E-state index in [0.717, 1.165) is 44.0 Å². The molecule has 2 atom stereocenters. The Labute approximate surface area is 179 Å². The van der Waals surface area contributed by atoms with Crippen molar-refractivity contribution in [2.45, 2.75) is 43.9 Å². The lowest BCUT2D eigenvalue weighted by Gasteiger charge is -2.32. The van der Waals surface area contributed by atoms with Crippen LogP contribution in [0.2, 0.25) is 5.02 Å². The highest BCUT2D eigenvalue weighted by Gasteiger charge is 2.45. The molecular formula is C23H24ClF3N2O. The Morgan fingerprint density at radius 3 is 2.53 bits per heavy atom.